The van der Waals surface area contributed by atoms with Gasteiger partial charge in [0.2, 0.25) is 5.91 Å². The van der Waals surface area contributed by atoms with Crippen LogP contribution in [0.2, 0.25) is 5.02 Å². The molecule has 0 unspecified atom stereocenters. The molecule has 1 aliphatic rings. The quantitative estimate of drug-likeness (QED) is 0.812. The van der Waals surface area contributed by atoms with E-state index in [4.69, 9.17) is 11.6 Å². The second-order valence-electron chi connectivity index (χ2n) is 3.92. The van der Waals surface area contributed by atoms with Crippen LogP contribution in [0.25, 0.3) is 0 Å². The Morgan fingerprint density at radius 1 is 1.31 bits per heavy atom. The van der Waals surface area contributed by atoms with Crippen molar-refractivity contribution < 1.29 is 4.79 Å². The molecule has 0 spiro atoms. The first kappa shape index (κ1) is 11.3. The molecule has 1 aromatic rings. The number of carbonyl (C=O) groups excluding carboxylic acids is 1. The molecule has 1 aromatic carbocycles. The van der Waals surface area contributed by atoms with E-state index in [1.54, 1.807) is 0 Å². The number of halogens is 1. The largest absolute Gasteiger partial charge is 0.370 e. The van der Waals surface area contributed by atoms with E-state index in [0.29, 0.717) is 13.0 Å². The van der Waals surface area contributed by atoms with E-state index < -0.39 is 0 Å². The summed E-state index contributed by atoms with van der Waals surface area (Å²) < 4.78 is 0. The standard InChI is InChI=1S/C12H15ClN2O/c13-10-3-1-4-11(9-10)15-7-2-5-12(16)14-6-8-15/h1,3-4,9H,2,5-8H2,(H,14,16). The van der Waals surface area contributed by atoms with Gasteiger partial charge in [0.1, 0.15) is 0 Å². The highest BCUT2D eigenvalue weighted by Crippen LogP contribution is 2.20. The van der Waals surface area contributed by atoms with E-state index in [1.165, 1.54) is 0 Å². The van der Waals surface area contributed by atoms with E-state index >= 15 is 0 Å². The summed E-state index contributed by atoms with van der Waals surface area (Å²) in [5, 5.41) is 3.64. The maximum Gasteiger partial charge on any atom is 0.220 e. The second kappa shape index (κ2) is 5.21. The van der Waals surface area contributed by atoms with Crippen molar-refractivity contribution in [2.45, 2.75) is 12.8 Å². The molecular weight excluding hydrogens is 224 g/mol. The third kappa shape index (κ3) is 2.89. The lowest BCUT2D eigenvalue weighted by molar-refractivity contribution is -0.121. The number of anilines is 1. The van der Waals surface area contributed by atoms with Crippen LogP contribution in [0.4, 0.5) is 5.69 Å². The summed E-state index contributed by atoms with van der Waals surface area (Å²) >= 11 is 5.96. The molecule has 86 valence electrons. The Hall–Kier alpha value is -1.22. The van der Waals surface area contributed by atoms with Gasteiger partial charge in [0.05, 0.1) is 0 Å². The Morgan fingerprint density at radius 2 is 2.19 bits per heavy atom. The van der Waals surface area contributed by atoms with Gasteiger partial charge in [0.15, 0.2) is 0 Å². The van der Waals surface area contributed by atoms with Crippen molar-refractivity contribution in [1.82, 2.24) is 5.32 Å². The van der Waals surface area contributed by atoms with Crippen molar-refractivity contribution >= 4 is 23.2 Å². The predicted molar refractivity (Wildman–Crippen MR) is 65.9 cm³/mol. The topological polar surface area (TPSA) is 32.3 Å². The van der Waals surface area contributed by atoms with Gasteiger partial charge in [-0.15, -0.1) is 0 Å². The molecule has 0 atom stereocenters. The molecule has 1 saturated heterocycles. The average molecular weight is 239 g/mol. The Balaban J connectivity index is 2.06. The molecule has 0 aromatic heterocycles. The molecule has 1 N–H and O–H groups in total. The van der Waals surface area contributed by atoms with E-state index in [-0.39, 0.29) is 5.91 Å². The third-order valence-corrected chi connectivity index (χ3v) is 2.94. The van der Waals surface area contributed by atoms with Crippen molar-refractivity contribution in [1.29, 1.82) is 0 Å². The van der Waals surface area contributed by atoms with Gasteiger partial charge < -0.3 is 10.2 Å². The molecule has 1 fully saturated rings. The van der Waals surface area contributed by atoms with Gasteiger partial charge >= 0.3 is 0 Å². The van der Waals surface area contributed by atoms with Gasteiger partial charge in [-0.3, -0.25) is 4.79 Å². The summed E-state index contributed by atoms with van der Waals surface area (Å²) in [7, 11) is 0. The zero-order valence-corrected chi connectivity index (χ0v) is 9.83. The summed E-state index contributed by atoms with van der Waals surface area (Å²) in [6, 6.07) is 7.84. The van der Waals surface area contributed by atoms with Crippen LogP contribution in [0.15, 0.2) is 24.3 Å². The highest BCUT2D eigenvalue weighted by molar-refractivity contribution is 6.30. The number of amides is 1. The Morgan fingerprint density at radius 3 is 3.00 bits per heavy atom. The molecular formula is C12H15ClN2O. The highest BCUT2D eigenvalue weighted by atomic mass is 35.5. The van der Waals surface area contributed by atoms with Crippen LogP contribution in [0.3, 0.4) is 0 Å². The summed E-state index contributed by atoms with van der Waals surface area (Å²) in [5.74, 6) is 0.158. The lowest BCUT2D eigenvalue weighted by Crippen LogP contribution is -2.38. The van der Waals surface area contributed by atoms with Crippen LogP contribution in [0, 0.1) is 0 Å². The maximum atomic E-state index is 11.2. The lowest BCUT2D eigenvalue weighted by atomic mass is 10.2. The zero-order valence-electron chi connectivity index (χ0n) is 9.08. The van der Waals surface area contributed by atoms with Gasteiger partial charge in [-0.05, 0) is 24.6 Å². The Labute approximate surface area is 100 Å². The normalized spacial score (nSPS) is 17.6. The van der Waals surface area contributed by atoms with Crippen LogP contribution in [-0.4, -0.2) is 25.5 Å². The van der Waals surface area contributed by atoms with Crippen molar-refractivity contribution in [2.75, 3.05) is 24.5 Å². The maximum absolute atomic E-state index is 11.2. The minimum Gasteiger partial charge on any atom is -0.370 e. The van der Waals surface area contributed by atoms with Crippen molar-refractivity contribution in [3.8, 4) is 0 Å². The molecule has 3 nitrogen and oxygen atoms in total. The molecule has 1 heterocycles. The second-order valence-corrected chi connectivity index (χ2v) is 4.36. The number of nitrogens with one attached hydrogen (secondary N) is 1. The zero-order chi connectivity index (χ0) is 11.4. The monoisotopic (exact) mass is 238 g/mol. The molecule has 0 radical (unpaired) electrons. The SMILES string of the molecule is O=C1CCCN(c2cccc(Cl)c2)CCN1. The van der Waals surface area contributed by atoms with Gasteiger partial charge in [0, 0.05) is 36.8 Å². The molecule has 4 heteroatoms. The third-order valence-electron chi connectivity index (χ3n) is 2.71. The van der Waals surface area contributed by atoms with Gasteiger partial charge in [-0.25, -0.2) is 0 Å². The van der Waals surface area contributed by atoms with Crippen molar-refractivity contribution in [3.63, 3.8) is 0 Å². The highest BCUT2D eigenvalue weighted by Gasteiger charge is 2.11. The van der Waals surface area contributed by atoms with E-state index in [9.17, 15) is 4.79 Å². The molecule has 0 bridgehead atoms. The van der Waals surface area contributed by atoms with E-state index in [1.807, 2.05) is 18.2 Å². The molecule has 1 aliphatic heterocycles. The van der Waals surface area contributed by atoms with Crippen LogP contribution >= 0.6 is 11.6 Å². The molecule has 0 saturated carbocycles. The first-order chi connectivity index (χ1) is 7.75. The number of benzene rings is 1. The molecule has 1 amide bonds. The molecule has 2 rings (SSSR count). The number of hydrogen-bond donors (Lipinski definition) is 1. The minimum atomic E-state index is 0.158. The molecule has 16 heavy (non-hydrogen) atoms. The molecule has 0 aliphatic carbocycles. The van der Waals surface area contributed by atoms with Gasteiger partial charge in [0.25, 0.3) is 0 Å². The Bertz CT molecular complexity index is 369. The first-order valence-corrected chi connectivity index (χ1v) is 5.91. The van der Waals surface area contributed by atoms with Crippen LogP contribution in [0.5, 0.6) is 0 Å². The summed E-state index contributed by atoms with van der Waals surface area (Å²) in [5.41, 5.74) is 1.13. The summed E-state index contributed by atoms with van der Waals surface area (Å²) in [6.45, 7) is 2.45. The number of rotatable bonds is 1. The van der Waals surface area contributed by atoms with Gasteiger partial charge in [-0.1, -0.05) is 17.7 Å². The summed E-state index contributed by atoms with van der Waals surface area (Å²) in [4.78, 5) is 13.4. The number of nitrogens with zero attached hydrogens (tertiary/aromatic N) is 1. The van der Waals surface area contributed by atoms with Crippen molar-refractivity contribution in [3.05, 3.63) is 29.3 Å². The minimum absolute atomic E-state index is 0.158. The van der Waals surface area contributed by atoms with Gasteiger partial charge in [-0.2, -0.15) is 0 Å². The van der Waals surface area contributed by atoms with Crippen LogP contribution < -0.4 is 10.2 Å². The fraction of sp³-hybridized carbons (Fsp3) is 0.417. The predicted octanol–water partition coefficient (Wildman–Crippen LogP) is 2.06. The summed E-state index contributed by atoms with van der Waals surface area (Å²) in [6.07, 6.45) is 1.50. The van der Waals surface area contributed by atoms with Crippen LogP contribution in [-0.2, 0) is 4.79 Å². The first-order valence-electron chi connectivity index (χ1n) is 5.53. The number of hydrogen-bond acceptors (Lipinski definition) is 2. The van der Waals surface area contributed by atoms with Crippen LogP contribution in [0.1, 0.15) is 12.8 Å². The fourth-order valence-corrected chi connectivity index (χ4v) is 2.08. The van der Waals surface area contributed by atoms with Crippen molar-refractivity contribution in [2.24, 2.45) is 0 Å². The Kier molecular flexibility index (Phi) is 3.67. The lowest BCUT2D eigenvalue weighted by Gasteiger charge is -2.27. The number of carbonyl (C=O) groups is 1. The van der Waals surface area contributed by atoms with E-state index in [0.717, 1.165) is 30.2 Å². The fourth-order valence-electron chi connectivity index (χ4n) is 1.89. The van der Waals surface area contributed by atoms with E-state index in [2.05, 4.69) is 16.3 Å². The average Bonchev–Trinajstić information content (AvgIpc) is 2.23. The smallest absolute Gasteiger partial charge is 0.220 e.